The molecule has 0 bridgehead atoms. The number of carboxylic acid groups (broad SMARTS) is 1. The van der Waals surface area contributed by atoms with E-state index in [0.717, 1.165) is 6.07 Å². The molecular formula is C13H15F2NO2. The fourth-order valence-corrected chi connectivity index (χ4v) is 2.31. The first-order valence-corrected chi connectivity index (χ1v) is 6.00. The lowest BCUT2D eigenvalue weighted by Gasteiger charge is -2.27. The minimum atomic E-state index is -0.763. The molecule has 18 heavy (non-hydrogen) atoms. The van der Waals surface area contributed by atoms with Crippen molar-refractivity contribution in [3.63, 3.8) is 0 Å². The van der Waals surface area contributed by atoms with E-state index in [1.807, 2.05) is 0 Å². The summed E-state index contributed by atoms with van der Waals surface area (Å²) in [5.41, 5.74) is 0.273. The van der Waals surface area contributed by atoms with Crippen LogP contribution in [0.1, 0.15) is 25.7 Å². The number of anilines is 1. The van der Waals surface area contributed by atoms with Crippen LogP contribution in [0.25, 0.3) is 0 Å². The molecule has 0 amide bonds. The largest absolute Gasteiger partial charge is 0.481 e. The first kappa shape index (κ1) is 12.8. The molecule has 0 aliphatic heterocycles. The molecule has 0 unspecified atom stereocenters. The van der Waals surface area contributed by atoms with E-state index >= 15 is 0 Å². The third-order valence-corrected chi connectivity index (χ3v) is 3.37. The van der Waals surface area contributed by atoms with Gasteiger partial charge >= 0.3 is 5.97 Å². The van der Waals surface area contributed by atoms with Crippen molar-refractivity contribution in [1.29, 1.82) is 0 Å². The quantitative estimate of drug-likeness (QED) is 0.872. The van der Waals surface area contributed by atoms with Gasteiger partial charge in [-0.1, -0.05) is 0 Å². The number of nitrogens with one attached hydrogen (secondary N) is 1. The highest BCUT2D eigenvalue weighted by molar-refractivity contribution is 5.70. The summed E-state index contributed by atoms with van der Waals surface area (Å²) in [6.07, 6.45) is 2.56. The monoisotopic (exact) mass is 255 g/mol. The molecule has 2 N–H and O–H groups in total. The highest BCUT2D eigenvalue weighted by Crippen LogP contribution is 2.27. The maximum atomic E-state index is 13.4. The van der Waals surface area contributed by atoms with Gasteiger partial charge in [-0.25, -0.2) is 8.78 Å². The molecular weight excluding hydrogens is 240 g/mol. The van der Waals surface area contributed by atoms with Crippen molar-refractivity contribution >= 4 is 11.7 Å². The second-order valence-corrected chi connectivity index (χ2v) is 4.66. The normalized spacial score (nSPS) is 23.7. The van der Waals surface area contributed by atoms with Crippen LogP contribution in [0, 0.1) is 17.6 Å². The van der Waals surface area contributed by atoms with E-state index in [0.29, 0.717) is 25.7 Å². The highest BCUT2D eigenvalue weighted by Gasteiger charge is 2.26. The smallest absolute Gasteiger partial charge is 0.306 e. The Labute approximate surface area is 104 Å². The SMILES string of the molecule is O=C(O)C1CCC(Nc2ccc(F)cc2F)CC1. The Hall–Kier alpha value is -1.65. The molecule has 1 aromatic carbocycles. The Balaban J connectivity index is 1.93. The molecule has 0 atom stereocenters. The minimum absolute atomic E-state index is 0.0561. The molecule has 0 heterocycles. The van der Waals surface area contributed by atoms with E-state index in [9.17, 15) is 13.6 Å². The lowest BCUT2D eigenvalue weighted by atomic mass is 9.86. The zero-order valence-electron chi connectivity index (χ0n) is 9.83. The maximum absolute atomic E-state index is 13.4. The summed E-state index contributed by atoms with van der Waals surface area (Å²) < 4.78 is 26.1. The van der Waals surface area contributed by atoms with Gasteiger partial charge in [0.2, 0.25) is 0 Å². The number of aliphatic carboxylic acids is 1. The van der Waals surface area contributed by atoms with E-state index in [1.165, 1.54) is 12.1 Å². The van der Waals surface area contributed by atoms with Gasteiger partial charge in [0, 0.05) is 12.1 Å². The van der Waals surface area contributed by atoms with E-state index < -0.39 is 17.6 Å². The molecule has 2 rings (SSSR count). The van der Waals surface area contributed by atoms with Gasteiger partial charge in [0.15, 0.2) is 0 Å². The molecule has 98 valence electrons. The maximum Gasteiger partial charge on any atom is 0.306 e. The molecule has 1 aromatic rings. The number of carboxylic acids is 1. The van der Waals surface area contributed by atoms with Gasteiger partial charge in [-0.3, -0.25) is 4.79 Å². The van der Waals surface area contributed by atoms with Gasteiger partial charge in [0.25, 0.3) is 0 Å². The van der Waals surface area contributed by atoms with E-state index in [2.05, 4.69) is 5.32 Å². The highest BCUT2D eigenvalue weighted by atomic mass is 19.1. The van der Waals surface area contributed by atoms with Gasteiger partial charge in [-0.15, -0.1) is 0 Å². The molecule has 0 spiro atoms. The van der Waals surface area contributed by atoms with Crippen molar-refractivity contribution < 1.29 is 18.7 Å². The van der Waals surface area contributed by atoms with Crippen LogP contribution in [0.15, 0.2) is 18.2 Å². The lowest BCUT2D eigenvalue weighted by molar-refractivity contribution is -0.142. The van der Waals surface area contributed by atoms with Crippen molar-refractivity contribution in [3.8, 4) is 0 Å². The molecule has 1 fully saturated rings. The molecule has 0 radical (unpaired) electrons. The molecule has 0 saturated heterocycles. The Bertz CT molecular complexity index is 443. The van der Waals surface area contributed by atoms with E-state index in [1.54, 1.807) is 0 Å². The zero-order valence-corrected chi connectivity index (χ0v) is 9.83. The van der Waals surface area contributed by atoms with Crippen LogP contribution in [0.2, 0.25) is 0 Å². The van der Waals surface area contributed by atoms with Gasteiger partial charge < -0.3 is 10.4 Å². The summed E-state index contributed by atoms with van der Waals surface area (Å²) in [5, 5.41) is 11.9. The van der Waals surface area contributed by atoms with Crippen molar-refractivity contribution in [2.24, 2.45) is 5.92 Å². The van der Waals surface area contributed by atoms with Crippen LogP contribution in [0.3, 0.4) is 0 Å². The molecule has 1 aliphatic carbocycles. The van der Waals surface area contributed by atoms with Crippen molar-refractivity contribution in [3.05, 3.63) is 29.8 Å². The molecule has 5 heteroatoms. The Kier molecular flexibility index (Phi) is 3.79. The predicted molar refractivity (Wildman–Crippen MR) is 63.4 cm³/mol. The number of hydrogen-bond donors (Lipinski definition) is 2. The lowest BCUT2D eigenvalue weighted by Crippen LogP contribution is -2.29. The second kappa shape index (κ2) is 5.33. The number of benzene rings is 1. The van der Waals surface area contributed by atoms with Crippen LogP contribution in [0.4, 0.5) is 14.5 Å². The summed E-state index contributed by atoms with van der Waals surface area (Å²) in [4.78, 5) is 10.8. The first-order valence-electron chi connectivity index (χ1n) is 6.00. The number of hydrogen-bond acceptors (Lipinski definition) is 2. The van der Waals surface area contributed by atoms with Crippen molar-refractivity contribution in [2.45, 2.75) is 31.7 Å². The molecule has 1 aliphatic rings. The number of halogens is 2. The summed E-state index contributed by atoms with van der Waals surface area (Å²) in [6, 6.07) is 3.47. The van der Waals surface area contributed by atoms with Gasteiger partial charge in [0.1, 0.15) is 11.6 Å². The average molecular weight is 255 g/mol. The third-order valence-electron chi connectivity index (χ3n) is 3.37. The fraction of sp³-hybridized carbons (Fsp3) is 0.462. The van der Waals surface area contributed by atoms with Crippen LogP contribution in [-0.4, -0.2) is 17.1 Å². The second-order valence-electron chi connectivity index (χ2n) is 4.66. The molecule has 0 aromatic heterocycles. The standard InChI is InChI=1S/C13H15F2NO2/c14-9-3-6-12(11(15)7-9)16-10-4-1-8(2-5-10)13(17)18/h3,6-8,10,16H,1-2,4-5H2,(H,17,18). The van der Waals surface area contributed by atoms with Crippen LogP contribution < -0.4 is 5.32 Å². The number of carbonyl (C=O) groups is 1. The zero-order chi connectivity index (χ0) is 13.1. The van der Waals surface area contributed by atoms with Gasteiger partial charge in [-0.05, 0) is 37.8 Å². The average Bonchev–Trinajstić information content (AvgIpc) is 2.33. The van der Waals surface area contributed by atoms with Crippen LogP contribution >= 0.6 is 0 Å². The van der Waals surface area contributed by atoms with Crippen LogP contribution in [-0.2, 0) is 4.79 Å². The molecule has 1 saturated carbocycles. The predicted octanol–water partition coefficient (Wildman–Crippen LogP) is 3.02. The van der Waals surface area contributed by atoms with E-state index in [-0.39, 0.29) is 17.6 Å². The summed E-state index contributed by atoms with van der Waals surface area (Å²) in [7, 11) is 0. The van der Waals surface area contributed by atoms with Crippen molar-refractivity contribution in [2.75, 3.05) is 5.32 Å². The number of rotatable bonds is 3. The van der Waals surface area contributed by atoms with E-state index in [4.69, 9.17) is 5.11 Å². The fourth-order valence-electron chi connectivity index (χ4n) is 2.31. The summed E-state index contributed by atoms with van der Waals surface area (Å²) in [6.45, 7) is 0. The van der Waals surface area contributed by atoms with Gasteiger partial charge in [0.05, 0.1) is 11.6 Å². The topological polar surface area (TPSA) is 49.3 Å². The Morgan fingerprint density at radius 1 is 1.22 bits per heavy atom. The summed E-state index contributed by atoms with van der Waals surface area (Å²) >= 11 is 0. The summed E-state index contributed by atoms with van der Waals surface area (Å²) in [5.74, 6) is -2.27. The van der Waals surface area contributed by atoms with Gasteiger partial charge in [-0.2, -0.15) is 0 Å². The third kappa shape index (κ3) is 2.97. The minimum Gasteiger partial charge on any atom is -0.481 e. The Morgan fingerprint density at radius 2 is 1.89 bits per heavy atom. The van der Waals surface area contributed by atoms with Crippen LogP contribution in [0.5, 0.6) is 0 Å². The Morgan fingerprint density at radius 3 is 2.44 bits per heavy atom. The van der Waals surface area contributed by atoms with Crippen molar-refractivity contribution in [1.82, 2.24) is 0 Å². The molecule has 3 nitrogen and oxygen atoms in total. The first-order chi connectivity index (χ1) is 8.56.